The van der Waals surface area contributed by atoms with Gasteiger partial charge in [-0.1, -0.05) is 70.7 Å². The van der Waals surface area contributed by atoms with E-state index in [-0.39, 0.29) is 27.2 Å². The van der Waals surface area contributed by atoms with E-state index in [1.54, 1.807) is 42.5 Å². The van der Waals surface area contributed by atoms with Gasteiger partial charge in [0.05, 0.1) is 27.2 Å². The van der Waals surface area contributed by atoms with Crippen molar-refractivity contribution >= 4 is 68.0 Å². The molecule has 0 aromatic heterocycles. The Kier molecular flexibility index (Phi) is 7.86. The number of nitrogens with zero attached hydrogens (tertiary/aromatic N) is 1. The van der Waals surface area contributed by atoms with Crippen molar-refractivity contribution in [2.45, 2.75) is 11.4 Å². The van der Waals surface area contributed by atoms with Gasteiger partial charge in [0.1, 0.15) is 0 Å². The van der Waals surface area contributed by atoms with Crippen molar-refractivity contribution in [2.24, 2.45) is 0 Å². The van der Waals surface area contributed by atoms with Crippen molar-refractivity contribution in [3.8, 4) is 0 Å². The van der Waals surface area contributed by atoms with Gasteiger partial charge < -0.3 is 5.32 Å². The van der Waals surface area contributed by atoms with E-state index in [0.717, 1.165) is 4.31 Å². The molecule has 10 heteroatoms. The van der Waals surface area contributed by atoms with Crippen molar-refractivity contribution in [3.05, 3.63) is 92.4 Å². The maximum atomic E-state index is 13.3. The predicted octanol–water partition coefficient (Wildman–Crippen LogP) is 6.13. The quantitative estimate of drug-likeness (QED) is 0.410. The largest absolute Gasteiger partial charge is 0.322 e. The van der Waals surface area contributed by atoms with Gasteiger partial charge in [-0.15, -0.1) is 0 Å². The molecule has 3 aromatic rings. The fraction of sp³-hybridized carbons (Fsp3) is 0.0952. The fourth-order valence-electron chi connectivity index (χ4n) is 2.75. The van der Waals surface area contributed by atoms with Crippen molar-refractivity contribution < 1.29 is 13.2 Å². The molecule has 5 nitrogen and oxygen atoms in total. The predicted molar refractivity (Wildman–Crippen MR) is 126 cm³/mol. The summed E-state index contributed by atoms with van der Waals surface area (Å²) in [7, 11) is -4.05. The standard InChI is InChI=1S/C21H16Cl4N2O3S/c22-15-8-10-16(11-9-15)31(29,30)27(12-14-4-1-2-5-17(14)23)13-20(28)26-21-18(24)6-3-7-19(21)25/h1-11H,12-13H2,(H,26,28). The third-order valence-corrected chi connectivity index (χ3v) is 7.36. The molecule has 0 atom stereocenters. The number of hydrogen-bond acceptors (Lipinski definition) is 3. The molecule has 0 bridgehead atoms. The average Bonchev–Trinajstić information content (AvgIpc) is 2.72. The van der Waals surface area contributed by atoms with Gasteiger partial charge in [-0.05, 0) is 48.0 Å². The zero-order valence-corrected chi connectivity index (χ0v) is 19.7. The van der Waals surface area contributed by atoms with Gasteiger partial charge in [-0.25, -0.2) is 8.42 Å². The number of rotatable bonds is 7. The van der Waals surface area contributed by atoms with Crippen LogP contribution in [0.25, 0.3) is 0 Å². The van der Waals surface area contributed by atoms with E-state index < -0.39 is 22.5 Å². The van der Waals surface area contributed by atoms with Crippen LogP contribution >= 0.6 is 46.4 Å². The van der Waals surface area contributed by atoms with Crippen LogP contribution in [0.1, 0.15) is 5.56 Å². The lowest BCUT2D eigenvalue weighted by Gasteiger charge is -2.23. The number of amides is 1. The van der Waals surface area contributed by atoms with E-state index in [9.17, 15) is 13.2 Å². The van der Waals surface area contributed by atoms with Crippen LogP contribution in [-0.4, -0.2) is 25.2 Å². The van der Waals surface area contributed by atoms with Gasteiger partial charge in [-0.2, -0.15) is 4.31 Å². The highest BCUT2D eigenvalue weighted by atomic mass is 35.5. The van der Waals surface area contributed by atoms with Crippen molar-refractivity contribution in [1.82, 2.24) is 4.31 Å². The van der Waals surface area contributed by atoms with Crippen LogP contribution in [0, 0.1) is 0 Å². The number of halogens is 4. The molecule has 0 heterocycles. The van der Waals surface area contributed by atoms with Crippen molar-refractivity contribution in [3.63, 3.8) is 0 Å². The van der Waals surface area contributed by atoms with E-state index in [1.807, 2.05) is 0 Å². The van der Waals surface area contributed by atoms with Crippen LogP contribution in [0.3, 0.4) is 0 Å². The van der Waals surface area contributed by atoms with Crippen LogP contribution in [0.15, 0.2) is 71.6 Å². The third kappa shape index (κ3) is 5.92. The smallest absolute Gasteiger partial charge is 0.243 e. The first-order valence-electron chi connectivity index (χ1n) is 8.91. The van der Waals surface area contributed by atoms with Crippen molar-refractivity contribution in [2.75, 3.05) is 11.9 Å². The highest BCUT2D eigenvalue weighted by Gasteiger charge is 2.28. The second-order valence-corrected chi connectivity index (χ2v) is 10.1. The van der Waals surface area contributed by atoms with E-state index >= 15 is 0 Å². The van der Waals surface area contributed by atoms with Crippen LogP contribution in [0.4, 0.5) is 5.69 Å². The lowest BCUT2D eigenvalue weighted by molar-refractivity contribution is -0.116. The molecule has 0 fully saturated rings. The summed E-state index contributed by atoms with van der Waals surface area (Å²) in [6.45, 7) is -0.605. The SMILES string of the molecule is O=C(CN(Cc1ccccc1Cl)S(=O)(=O)c1ccc(Cl)cc1)Nc1c(Cl)cccc1Cl. The number of hydrogen-bond donors (Lipinski definition) is 1. The molecule has 0 aliphatic carbocycles. The fourth-order valence-corrected chi connectivity index (χ4v) is 4.94. The molecule has 0 aliphatic heterocycles. The minimum absolute atomic E-state index is 0.00692. The van der Waals surface area contributed by atoms with E-state index in [0.29, 0.717) is 15.6 Å². The van der Waals surface area contributed by atoms with Gasteiger partial charge in [0.15, 0.2) is 0 Å². The minimum Gasteiger partial charge on any atom is -0.322 e. The van der Waals surface area contributed by atoms with Crippen LogP contribution in [-0.2, 0) is 21.4 Å². The van der Waals surface area contributed by atoms with Gasteiger partial charge in [0, 0.05) is 16.6 Å². The Balaban J connectivity index is 1.92. The summed E-state index contributed by atoms with van der Waals surface area (Å²) in [5, 5.41) is 3.82. The Bertz CT molecular complexity index is 1180. The highest BCUT2D eigenvalue weighted by Crippen LogP contribution is 2.30. The number of carbonyl (C=O) groups excluding carboxylic acids is 1. The Morgan fingerprint density at radius 3 is 2.00 bits per heavy atom. The molecule has 0 aliphatic rings. The zero-order valence-electron chi connectivity index (χ0n) is 15.9. The second kappa shape index (κ2) is 10.2. The third-order valence-electron chi connectivity index (χ3n) is 4.30. The molecule has 3 rings (SSSR count). The average molecular weight is 518 g/mol. The summed E-state index contributed by atoms with van der Waals surface area (Å²) in [6, 6.07) is 17.2. The number of benzene rings is 3. The Hall–Kier alpha value is -1.80. The lowest BCUT2D eigenvalue weighted by atomic mass is 10.2. The van der Waals surface area contributed by atoms with Gasteiger partial charge in [-0.3, -0.25) is 4.79 Å². The maximum Gasteiger partial charge on any atom is 0.243 e. The summed E-state index contributed by atoms with van der Waals surface area (Å²) in [5.74, 6) is -0.611. The number of anilines is 1. The highest BCUT2D eigenvalue weighted by molar-refractivity contribution is 7.89. The molecule has 0 saturated heterocycles. The summed E-state index contributed by atoms with van der Waals surface area (Å²) in [4.78, 5) is 12.7. The Morgan fingerprint density at radius 2 is 1.39 bits per heavy atom. The minimum atomic E-state index is -4.05. The topological polar surface area (TPSA) is 66.5 Å². The normalized spacial score (nSPS) is 11.5. The molecule has 3 aromatic carbocycles. The van der Waals surface area contributed by atoms with E-state index in [1.165, 1.54) is 24.3 Å². The van der Waals surface area contributed by atoms with E-state index in [2.05, 4.69) is 5.32 Å². The number of nitrogens with one attached hydrogen (secondary N) is 1. The first-order valence-corrected chi connectivity index (χ1v) is 11.9. The molecular formula is C21H16Cl4N2O3S. The second-order valence-electron chi connectivity index (χ2n) is 6.46. The van der Waals surface area contributed by atoms with Crippen LogP contribution in [0.2, 0.25) is 20.1 Å². The molecule has 0 spiro atoms. The van der Waals surface area contributed by atoms with Gasteiger partial charge in [0.2, 0.25) is 15.9 Å². The molecule has 31 heavy (non-hydrogen) atoms. The molecule has 0 saturated carbocycles. The van der Waals surface area contributed by atoms with Crippen molar-refractivity contribution in [1.29, 1.82) is 0 Å². The van der Waals surface area contributed by atoms with Crippen LogP contribution < -0.4 is 5.32 Å². The first-order chi connectivity index (χ1) is 14.7. The van der Waals surface area contributed by atoms with Gasteiger partial charge in [0.25, 0.3) is 0 Å². The summed E-state index contributed by atoms with van der Waals surface area (Å²) >= 11 is 24.3. The molecular weight excluding hydrogens is 502 g/mol. The molecule has 1 amide bonds. The first kappa shape index (κ1) is 23.9. The molecule has 162 valence electrons. The maximum absolute atomic E-state index is 13.3. The number of para-hydroxylation sites is 1. The zero-order chi connectivity index (χ0) is 22.6. The summed E-state index contributed by atoms with van der Waals surface area (Å²) in [6.07, 6.45) is 0. The molecule has 0 radical (unpaired) electrons. The van der Waals surface area contributed by atoms with Gasteiger partial charge >= 0.3 is 0 Å². The molecule has 1 N–H and O–H groups in total. The summed E-state index contributed by atoms with van der Waals surface area (Å²) in [5.41, 5.74) is 0.752. The number of sulfonamides is 1. The molecule has 0 unspecified atom stereocenters. The lowest BCUT2D eigenvalue weighted by Crippen LogP contribution is -2.37. The number of carbonyl (C=O) groups is 1. The monoisotopic (exact) mass is 516 g/mol. The van der Waals surface area contributed by atoms with Crippen LogP contribution in [0.5, 0.6) is 0 Å². The Morgan fingerprint density at radius 1 is 0.806 bits per heavy atom. The van der Waals surface area contributed by atoms with E-state index in [4.69, 9.17) is 46.4 Å². The Labute approximate surface area is 200 Å². The summed E-state index contributed by atoms with van der Waals surface area (Å²) < 4.78 is 27.6.